The van der Waals surface area contributed by atoms with Gasteiger partial charge in [0.05, 0.1) is 23.3 Å². The molecule has 9 nitrogen and oxygen atoms in total. The van der Waals surface area contributed by atoms with Gasteiger partial charge in [-0.25, -0.2) is 4.98 Å². The Morgan fingerprint density at radius 3 is 2.48 bits per heavy atom. The van der Waals surface area contributed by atoms with E-state index in [1.54, 1.807) is 46.6 Å². The SMILES string of the molecule is CCN1C(=O)C(C)(C)C(=O)N(C)c2cc(CCN(CCn3cc(C)c4oc(C)cc4c3=O)Cc3nc(C)cs3)ccc21. The summed E-state index contributed by atoms with van der Waals surface area (Å²) in [6.45, 7) is 14.2. The van der Waals surface area contributed by atoms with Crippen molar-refractivity contribution in [2.45, 2.75) is 61.1 Å². The van der Waals surface area contributed by atoms with Crippen molar-refractivity contribution in [2.24, 2.45) is 5.41 Å². The first-order chi connectivity index (χ1) is 19.9. The standard InChI is InChI=1S/C32H39N5O4S/c1-8-37-25-10-9-23(16-26(25)34(7)30(39)32(5,6)31(37)40)11-12-35(18-27-33-21(3)19-42-27)13-14-36-17-20(2)28-24(29(36)38)15-22(4)41-28/h9-10,15-17,19H,8,11-14,18H2,1-7H3. The minimum absolute atomic E-state index is 0.0473. The minimum atomic E-state index is -1.14. The largest absolute Gasteiger partial charge is 0.461 e. The van der Waals surface area contributed by atoms with E-state index in [-0.39, 0.29) is 17.4 Å². The highest BCUT2D eigenvalue weighted by atomic mass is 32.1. The normalized spacial score (nSPS) is 15.1. The van der Waals surface area contributed by atoms with Crippen molar-refractivity contribution in [3.8, 4) is 0 Å². The Labute approximate surface area is 250 Å². The monoisotopic (exact) mass is 589 g/mol. The molecule has 0 bridgehead atoms. The molecule has 42 heavy (non-hydrogen) atoms. The second-order valence-electron chi connectivity index (χ2n) is 11.7. The molecule has 222 valence electrons. The lowest BCUT2D eigenvalue weighted by atomic mass is 9.90. The molecule has 2 amide bonds. The summed E-state index contributed by atoms with van der Waals surface area (Å²) in [5.41, 5.74) is 3.97. The molecule has 0 unspecified atom stereocenters. The number of nitrogens with zero attached hydrogens (tertiary/aromatic N) is 5. The number of pyridine rings is 1. The summed E-state index contributed by atoms with van der Waals surface area (Å²) >= 11 is 1.64. The molecule has 4 aromatic rings. The summed E-state index contributed by atoms with van der Waals surface area (Å²) in [5, 5.41) is 3.70. The van der Waals surface area contributed by atoms with Crippen molar-refractivity contribution in [3.63, 3.8) is 0 Å². The fraction of sp³-hybridized carbons (Fsp3) is 0.438. The summed E-state index contributed by atoms with van der Waals surface area (Å²) in [7, 11) is 1.74. The average Bonchev–Trinajstić information content (AvgIpc) is 3.56. The van der Waals surface area contributed by atoms with Crippen molar-refractivity contribution in [1.29, 1.82) is 0 Å². The molecule has 10 heteroatoms. The van der Waals surface area contributed by atoms with Gasteiger partial charge in [0.25, 0.3) is 5.56 Å². The van der Waals surface area contributed by atoms with E-state index < -0.39 is 5.41 Å². The van der Waals surface area contributed by atoms with Crippen molar-refractivity contribution >= 4 is 45.5 Å². The number of rotatable bonds is 9. The Bertz CT molecular complexity index is 1720. The van der Waals surface area contributed by atoms with Crippen LogP contribution in [0.1, 0.15) is 48.4 Å². The molecule has 1 aliphatic heterocycles. The van der Waals surface area contributed by atoms with Crippen LogP contribution in [0.2, 0.25) is 0 Å². The van der Waals surface area contributed by atoms with E-state index in [9.17, 15) is 14.4 Å². The predicted molar refractivity (Wildman–Crippen MR) is 167 cm³/mol. The Morgan fingerprint density at radius 1 is 1.02 bits per heavy atom. The Morgan fingerprint density at radius 2 is 1.79 bits per heavy atom. The molecular formula is C32H39N5O4S. The van der Waals surface area contributed by atoms with E-state index >= 15 is 0 Å². The maximum absolute atomic E-state index is 13.3. The highest BCUT2D eigenvalue weighted by Crippen LogP contribution is 2.38. The Balaban J connectivity index is 1.38. The average molecular weight is 590 g/mol. The zero-order valence-corrected chi connectivity index (χ0v) is 26.3. The van der Waals surface area contributed by atoms with Crippen LogP contribution < -0.4 is 15.4 Å². The van der Waals surface area contributed by atoms with Gasteiger partial charge in [-0.2, -0.15) is 0 Å². The van der Waals surface area contributed by atoms with Gasteiger partial charge in [-0.05, 0) is 71.7 Å². The van der Waals surface area contributed by atoms with Crippen LogP contribution in [0, 0.1) is 26.2 Å². The Kier molecular flexibility index (Phi) is 8.13. The number of hydrogen-bond donors (Lipinski definition) is 0. The van der Waals surface area contributed by atoms with Crippen molar-refractivity contribution in [3.05, 3.63) is 73.8 Å². The van der Waals surface area contributed by atoms with Crippen LogP contribution in [0.25, 0.3) is 11.0 Å². The van der Waals surface area contributed by atoms with Gasteiger partial charge in [-0.15, -0.1) is 11.3 Å². The summed E-state index contributed by atoms with van der Waals surface area (Å²) in [6, 6.07) is 7.83. The summed E-state index contributed by atoms with van der Waals surface area (Å²) in [4.78, 5) is 50.0. The highest BCUT2D eigenvalue weighted by Gasteiger charge is 2.45. The number of amides is 2. The third kappa shape index (κ3) is 5.53. The topological polar surface area (TPSA) is 91.9 Å². The smallest absolute Gasteiger partial charge is 0.261 e. The van der Waals surface area contributed by atoms with Gasteiger partial charge in [-0.1, -0.05) is 6.07 Å². The molecular weight excluding hydrogens is 550 g/mol. The van der Waals surface area contributed by atoms with Crippen LogP contribution >= 0.6 is 11.3 Å². The van der Waals surface area contributed by atoms with Crippen LogP contribution in [-0.4, -0.2) is 52.9 Å². The molecule has 0 saturated heterocycles. The number of carbonyl (C=O) groups is 2. The van der Waals surface area contributed by atoms with Gasteiger partial charge >= 0.3 is 0 Å². The lowest BCUT2D eigenvalue weighted by Gasteiger charge is -2.27. The second-order valence-corrected chi connectivity index (χ2v) is 12.6. The number of anilines is 2. The van der Waals surface area contributed by atoms with Gasteiger partial charge in [0, 0.05) is 56.1 Å². The van der Waals surface area contributed by atoms with Gasteiger partial charge < -0.3 is 18.8 Å². The lowest BCUT2D eigenvalue weighted by Crippen LogP contribution is -2.47. The van der Waals surface area contributed by atoms with Gasteiger partial charge in [-0.3, -0.25) is 19.3 Å². The number of furan rings is 1. The highest BCUT2D eigenvalue weighted by molar-refractivity contribution is 7.09. The van der Waals surface area contributed by atoms with E-state index in [4.69, 9.17) is 4.42 Å². The molecule has 0 atom stereocenters. The van der Waals surface area contributed by atoms with Crippen LogP contribution in [0.15, 0.2) is 45.1 Å². The van der Waals surface area contributed by atoms with Crippen molar-refractivity contribution in [1.82, 2.24) is 14.5 Å². The molecule has 4 heterocycles. The van der Waals surface area contributed by atoms with Crippen LogP contribution in [-0.2, 0) is 29.1 Å². The summed E-state index contributed by atoms with van der Waals surface area (Å²) < 4.78 is 7.52. The zero-order valence-electron chi connectivity index (χ0n) is 25.5. The second kappa shape index (κ2) is 11.5. The summed E-state index contributed by atoms with van der Waals surface area (Å²) in [5.74, 6) is 0.326. The van der Waals surface area contributed by atoms with Crippen LogP contribution in [0.4, 0.5) is 11.4 Å². The maximum Gasteiger partial charge on any atom is 0.261 e. The third-order valence-corrected chi connectivity index (χ3v) is 9.03. The van der Waals surface area contributed by atoms with Gasteiger partial charge in [0.1, 0.15) is 21.8 Å². The molecule has 1 aromatic carbocycles. The van der Waals surface area contributed by atoms with Crippen LogP contribution in [0.5, 0.6) is 0 Å². The van der Waals surface area contributed by atoms with Gasteiger partial charge in [0.2, 0.25) is 11.8 Å². The molecule has 0 fully saturated rings. The van der Waals surface area contributed by atoms with Gasteiger partial charge in [0.15, 0.2) is 0 Å². The number of aryl methyl sites for hydroxylation is 3. The molecule has 0 saturated carbocycles. The predicted octanol–water partition coefficient (Wildman–Crippen LogP) is 5.08. The van der Waals surface area contributed by atoms with E-state index in [1.807, 2.05) is 58.2 Å². The van der Waals surface area contributed by atoms with E-state index in [0.717, 1.165) is 51.9 Å². The fourth-order valence-corrected chi connectivity index (χ4v) is 6.53. The van der Waals surface area contributed by atoms with E-state index in [0.29, 0.717) is 37.1 Å². The molecule has 0 spiro atoms. The molecule has 5 rings (SSSR count). The maximum atomic E-state index is 13.3. The first-order valence-electron chi connectivity index (χ1n) is 14.4. The molecule has 0 radical (unpaired) electrons. The molecule has 1 aliphatic rings. The molecule has 0 aliphatic carbocycles. The first kappa shape index (κ1) is 29.7. The quantitative estimate of drug-likeness (QED) is 0.253. The Hall–Kier alpha value is -3.76. The zero-order chi connectivity index (χ0) is 30.3. The number of hydrogen-bond acceptors (Lipinski definition) is 7. The lowest BCUT2D eigenvalue weighted by molar-refractivity contribution is -0.137. The van der Waals surface area contributed by atoms with E-state index in [1.165, 1.54) is 0 Å². The number of fused-ring (bicyclic) bond motifs is 2. The molecule has 3 aromatic heterocycles. The van der Waals surface area contributed by atoms with Crippen molar-refractivity contribution < 1.29 is 14.0 Å². The fourth-order valence-electron chi connectivity index (χ4n) is 5.71. The number of thiazole rings is 1. The minimum Gasteiger partial charge on any atom is -0.461 e. The molecule has 0 N–H and O–H groups in total. The first-order valence-corrected chi connectivity index (χ1v) is 15.2. The third-order valence-electron chi connectivity index (χ3n) is 8.08. The van der Waals surface area contributed by atoms with Crippen molar-refractivity contribution in [2.75, 3.05) is 36.5 Å². The van der Waals surface area contributed by atoms with Crippen LogP contribution in [0.3, 0.4) is 0 Å². The van der Waals surface area contributed by atoms with E-state index in [2.05, 4.69) is 15.3 Å². The number of aromatic nitrogens is 2. The number of carbonyl (C=O) groups excluding carboxylic acids is 2. The number of benzene rings is 1. The summed E-state index contributed by atoms with van der Waals surface area (Å²) in [6.07, 6.45) is 2.61.